The molecule has 0 spiro atoms. The van der Waals surface area contributed by atoms with Gasteiger partial charge in [-0.05, 0) is 0 Å². The highest BCUT2D eigenvalue weighted by atomic mass is 32.1. The van der Waals surface area contributed by atoms with Crippen LogP contribution in [0.25, 0.3) is 0 Å². The zero-order valence-electron chi connectivity index (χ0n) is 6.27. The van der Waals surface area contributed by atoms with Crippen molar-refractivity contribution < 1.29 is 9.63 Å². The molecule has 1 aromatic rings. The van der Waals surface area contributed by atoms with E-state index >= 15 is 0 Å². The summed E-state index contributed by atoms with van der Waals surface area (Å²) in [6, 6.07) is 0. The average molecular weight is 172 g/mol. The van der Waals surface area contributed by atoms with Crippen LogP contribution in [0.15, 0.2) is 11.6 Å². The maximum absolute atomic E-state index is 10.5. The van der Waals surface area contributed by atoms with Crippen molar-refractivity contribution >= 4 is 22.4 Å². The van der Waals surface area contributed by atoms with E-state index < -0.39 is 0 Å². The van der Waals surface area contributed by atoms with Gasteiger partial charge in [0.15, 0.2) is 0 Å². The van der Waals surface area contributed by atoms with E-state index in [1.54, 1.807) is 13.2 Å². The van der Waals surface area contributed by atoms with Gasteiger partial charge in [-0.3, -0.25) is 4.79 Å². The number of hydrogen-bond donors (Lipinski definition) is 0. The van der Waals surface area contributed by atoms with Crippen molar-refractivity contribution in [3.05, 3.63) is 11.6 Å². The van der Waals surface area contributed by atoms with Gasteiger partial charge in [-0.1, -0.05) is 0 Å². The Kier molecular flexibility index (Phi) is 2.43. The first-order valence-corrected chi connectivity index (χ1v) is 3.90. The third-order valence-electron chi connectivity index (χ3n) is 0.954. The van der Waals surface area contributed by atoms with Crippen LogP contribution >= 0.6 is 11.3 Å². The van der Waals surface area contributed by atoms with Crippen molar-refractivity contribution in [1.82, 2.24) is 4.98 Å². The summed E-state index contributed by atoms with van der Waals surface area (Å²) in [7, 11) is 1.64. The molecule has 1 rings (SSSR count). The molecule has 0 N–H and O–H groups in total. The molecule has 0 saturated carbocycles. The largest absolute Gasteiger partial charge is 0.339 e. The Morgan fingerprint density at radius 3 is 3.00 bits per heavy atom. The van der Waals surface area contributed by atoms with Crippen molar-refractivity contribution in [2.45, 2.75) is 6.92 Å². The molecule has 1 aromatic heterocycles. The Bertz CT molecular complexity index is 235. The number of carbonyl (C=O) groups is 1. The van der Waals surface area contributed by atoms with Crippen molar-refractivity contribution in [2.75, 3.05) is 12.1 Å². The molecule has 0 bridgehead atoms. The molecule has 0 aliphatic carbocycles. The van der Waals surface area contributed by atoms with Crippen LogP contribution in [0.2, 0.25) is 0 Å². The Labute approximate surface area is 68.4 Å². The fourth-order valence-corrected chi connectivity index (χ4v) is 1.15. The Morgan fingerprint density at radius 1 is 1.82 bits per heavy atom. The second-order valence-corrected chi connectivity index (χ2v) is 2.77. The fraction of sp³-hybridized carbons (Fsp3) is 0.333. The normalized spacial score (nSPS) is 9.27. The summed E-state index contributed by atoms with van der Waals surface area (Å²) in [5.74, 6) is -0.345. The fourth-order valence-electron chi connectivity index (χ4n) is 0.603. The number of thiazole rings is 1. The number of hydrogen-bond acceptors (Lipinski definition) is 5. The number of carbonyl (C=O) groups excluding carboxylic acids is 1. The lowest BCUT2D eigenvalue weighted by Gasteiger charge is -2.12. The summed E-state index contributed by atoms with van der Waals surface area (Å²) >= 11 is 1.41. The second kappa shape index (κ2) is 3.34. The van der Waals surface area contributed by atoms with Crippen LogP contribution < -0.4 is 5.06 Å². The molecule has 4 nitrogen and oxygen atoms in total. The molecule has 0 amide bonds. The molecule has 0 radical (unpaired) electrons. The standard InChI is InChI=1S/C6H8N2O2S/c1-5(9)10-8(2)6-7-3-4-11-6/h3-4H,1-2H3. The highest BCUT2D eigenvalue weighted by molar-refractivity contribution is 7.13. The van der Waals surface area contributed by atoms with E-state index in [9.17, 15) is 4.79 Å². The highest BCUT2D eigenvalue weighted by Gasteiger charge is 2.05. The molecule has 0 unspecified atom stereocenters. The SMILES string of the molecule is CC(=O)ON(C)c1nccs1. The topological polar surface area (TPSA) is 42.4 Å². The third-order valence-corrected chi connectivity index (χ3v) is 1.79. The van der Waals surface area contributed by atoms with E-state index in [1.807, 2.05) is 5.38 Å². The van der Waals surface area contributed by atoms with Crippen molar-refractivity contribution in [3.63, 3.8) is 0 Å². The molecule has 0 aromatic carbocycles. The van der Waals surface area contributed by atoms with Crippen LogP contribution in [0, 0.1) is 0 Å². The van der Waals surface area contributed by atoms with Gasteiger partial charge in [0.2, 0.25) is 5.13 Å². The van der Waals surface area contributed by atoms with Crippen molar-refractivity contribution in [3.8, 4) is 0 Å². The average Bonchev–Trinajstić information content (AvgIpc) is 2.35. The Balaban J connectivity index is 2.56. The van der Waals surface area contributed by atoms with E-state index in [1.165, 1.54) is 23.3 Å². The molecule has 1 heterocycles. The zero-order chi connectivity index (χ0) is 8.27. The van der Waals surface area contributed by atoms with Crippen LogP contribution in [0.5, 0.6) is 0 Å². The van der Waals surface area contributed by atoms with E-state index in [-0.39, 0.29) is 5.97 Å². The van der Waals surface area contributed by atoms with E-state index in [0.29, 0.717) is 5.13 Å². The van der Waals surface area contributed by atoms with Gasteiger partial charge in [0.05, 0.1) is 0 Å². The molecular weight excluding hydrogens is 164 g/mol. The summed E-state index contributed by atoms with van der Waals surface area (Å²) in [4.78, 5) is 19.1. The van der Waals surface area contributed by atoms with Crippen molar-refractivity contribution in [2.24, 2.45) is 0 Å². The van der Waals surface area contributed by atoms with Gasteiger partial charge >= 0.3 is 5.97 Å². The first kappa shape index (κ1) is 8.00. The number of hydroxylamine groups is 1. The van der Waals surface area contributed by atoms with Crippen LogP contribution in [0.3, 0.4) is 0 Å². The number of aromatic nitrogens is 1. The van der Waals surface area contributed by atoms with Gasteiger partial charge in [0, 0.05) is 25.5 Å². The van der Waals surface area contributed by atoms with Gasteiger partial charge in [-0.2, -0.15) is 5.06 Å². The molecule has 0 aliphatic heterocycles. The van der Waals surface area contributed by atoms with Crippen LogP contribution in [0.1, 0.15) is 6.92 Å². The second-order valence-electron chi connectivity index (χ2n) is 1.90. The van der Waals surface area contributed by atoms with Gasteiger partial charge < -0.3 is 4.84 Å². The maximum Gasteiger partial charge on any atom is 0.329 e. The predicted octanol–water partition coefficient (Wildman–Crippen LogP) is 1.06. The summed E-state index contributed by atoms with van der Waals surface area (Å²) in [6.45, 7) is 1.35. The molecule has 60 valence electrons. The predicted molar refractivity (Wildman–Crippen MR) is 42.3 cm³/mol. The maximum atomic E-state index is 10.5. The lowest BCUT2D eigenvalue weighted by Crippen LogP contribution is -2.20. The molecule has 0 saturated heterocycles. The van der Waals surface area contributed by atoms with Crippen LogP contribution in [-0.2, 0) is 9.63 Å². The minimum Gasteiger partial charge on any atom is -0.339 e. The lowest BCUT2D eigenvalue weighted by atomic mass is 10.8. The summed E-state index contributed by atoms with van der Waals surface area (Å²) in [5.41, 5.74) is 0. The third kappa shape index (κ3) is 2.19. The van der Waals surface area contributed by atoms with Gasteiger partial charge in [0.1, 0.15) is 0 Å². The van der Waals surface area contributed by atoms with E-state index in [0.717, 1.165) is 0 Å². The first-order valence-electron chi connectivity index (χ1n) is 3.02. The first-order chi connectivity index (χ1) is 5.20. The minimum atomic E-state index is -0.345. The number of rotatable bonds is 2. The van der Waals surface area contributed by atoms with Crippen LogP contribution in [-0.4, -0.2) is 18.0 Å². The quantitative estimate of drug-likeness (QED) is 0.625. The molecule has 11 heavy (non-hydrogen) atoms. The van der Waals surface area contributed by atoms with Gasteiger partial charge in [0.25, 0.3) is 0 Å². The lowest BCUT2D eigenvalue weighted by molar-refractivity contribution is -0.141. The van der Waals surface area contributed by atoms with Gasteiger partial charge in [-0.25, -0.2) is 4.98 Å². The molecule has 0 aliphatic rings. The minimum absolute atomic E-state index is 0.345. The van der Waals surface area contributed by atoms with Crippen LogP contribution in [0.4, 0.5) is 5.13 Å². The van der Waals surface area contributed by atoms with Gasteiger partial charge in [-0.15, -0.1) is 11.3 Å². The number of anilines is 1. The van der Waals surface area contributed by atoms with Crippen molar-refractivity contribution in [1.29, 1.82) is 0 Å². The molecule has 0 atom stereocenters. The Morgan fingerprint density at radius 2 is 2.55 bits per heavy atom. The summed E-state index contributed by atoms with van der Waals surface area (Å²) in [6.07, 6.45) is 1.65. The zero-order valence-corrected chi connectivity index (χ0v) is 7.09. The summed E-state index contributed by atoms with van der Waals surface area (Å²) < 4.78 is 0. The van der Waals surface area contributed by atoms with E-state index in [4.69, 9.17) is 4.84 Å². The number of nitrogens with zero attached hydrogens (tertiary/aromatic N) is 2. The monoisotopic (exact) mass is 172 g/mol. The molecular formula is C6H8N2O2S. The van der Waals surface area contributed by atoms with E-state index in [2.05, 4.69) is 4.98 Å². The highest BCUT2D eigenvalue weighted by Crippen LogP contribution is 2.15. The summed E-state index contributed by atoms with van der Waals surface area (Å²) in [5, 5.41) is 3.82. The molecule has 5 heteroatoms. The smallest absolute Gasteiger partial charge is 0.329 e. The molecule has 0 fully saturated rings. The Hall–Kier alpha value is -1.10.